The molecule has 0 saturated heterocycles. The number of hydrogen-bond acceptors (Lipinski definition) is 2. The molecule has 1 aliphatic rings. The smallest absolute Gasteiger partial charge is 0.310 e. The van der Waals surface area contributed by atoms with E-state index < -0.39 is 23.5 Å². The molecule has 8 heteroatoms. The lowest BCUT2D eigenvalue weighted by Gasteiger charge is -2.33. The van der Waals surface area contributed by atoms with Crippen molar-refractivity contribution in [2.75, 3.05) is 9.80 Å². The third-order valence-corrected chi connectivity index (χ3v) is 14.8. The van der Waals surface area contributed by atoms with Gasteiger partial charge in [-0.1, -0.05) is 157 Å². The highest BCUT2D eigenvalue weighted by Crippen LogP contribution is 2.55. The van der Waals surface area contributed by atoms with E-state index in [1.807, 2.05) is 60.4 Å². The molecule has 0 amide bonds. The van der Waals surface area contributed by atoms with Gasteiger partial charge in [0.25, 0.3) is 0 Å². The van der Waals surface area contributed by atoms with E-state index in [1.165, 1.54) is 111 Å². The van der Waals surface area contributed by atoms with Crippen LogP contribution in [-0.2, 0) is 17.8 Å². The molecule has 0 aromatic heterocycles. The molecule has 0 radical (unpaired) electrons. The third kappa shape index (κ3) is 12.2. The molecule has 0 aliphatic heterocycles. The molecule has 0 saturated carbocycles. The molecular weight excluding hydrogens is 923 g/mol. The second-order valence-electron chi connectivity index (χ2n) is 20.6. The van der Waals surface area contributed by atoms with Gasteiger partial charge < -0.3 is 9.80 Å². The fraction of sp³-hybridized carbons (Fsp3) is 0.354. The lowest BCUT2D eigenvalue weighted by atomic mass is 9.70. The monoisotopic (exact) mass is 993 g/mol. The lowest BCUT2D eigenvalue weighted by molar-refractivity contribution is -0.138. The van der Waals surface area contributed by atoms with Crippen molar-refractivity contribution in [1.29, 1.82) is 0 Å². The Morgan fingerprint density at radius 1 is 0.342 bits per heavy atom. The van der Waals surface area contributed by atoms with Crippen LogP contribution in [0.25, 0.3) is 22.3 Å². The molecule has 0 heterocycles. The first-order valence-corrected chi connectivity index (χ1v) is 26.5. The van der Waals surface area contributed by atoms with Gasteiger partial charge in [-0.05, 0) is 176 Å². The summed E-state index contributed by atoms with van der Waals surface area (Å²) in [5.74, 6) is 0. The number of alkyl halides is 6. The number of nitrogens with zero attached hydrogens (tertiary/aromatic N) is 2. The van der Waals surface area contributed by atoms with Crippen molar-refractivity contribution in [1.82, 2.24) is 0 Å². The van der Waals surface area contributed by atoms with Gasteiger partial charge >= 0.3 is 12.4 Å². The Balaban J connectivity index is 1.19. The van der Waals surface area contributed by atoms with Crippen LogP contribution in [0.5, 0.6) is 0 Å². The first-order chi connectivity index (χ1) is 35.0. The predicted octanol–water partition coefficient (Wildman–Crippen LogP) is 21.3. The van der Waals surface area contributed by atoms with Gasteiger partial charge in [0.2, 0.25) is 0 Å². The van der Waals surface area contributed by atoms with Crippen LogP contribution in [0, 0.1) is 27.7 Å². The van der Waals surface area contributed by atoms with Gasteiger partial charge in [0.1, 0.15) is 0 Å². The fourth-order valence-corrected chi connectivity index (χ4v) is 11.1. The summed E-state index contributed by atoms with van der Waals surface area (Å²) in [6.07, 6.45) is 7.94. The number of benzene rings is 7. The Morgan fingerprint density at radius 3 is 1.16 bits per heavy atom. The van der Waals surface area contributed by atoms with E-state index in [1.54, 1.807) is 43.0 Å². The van der Waals surface area contributed by atoms with Crippen molar-refractivity contribution in [3.63, 3.8) is 0 Å². The molecule has 0 fully saturated rings. The van der Waals surface area contributed by atoms with Gasteiger partial charge in [0.15, 0.2) is 0 Å². The Morgan fingerprint density at radius 2 is 0.712 bits per heavy atom. The van der Waals surface area contributed by atoms with Crippen LogP contribution < -0.4 is 9.80 Å². The molecule has 0 spiro atoms. The molecule has 73 heavy (non-hydrogen) atoms. The molecule has 0 N–H and O–H groups in total. The molecule has 8 rings (SSSR count). The van der Waals surface area contributed by atoms with Crippen LogP contribution in [0.4, 0.5) is 60.5 Å². The Bertz CT molecular complexity index is 2930. The van der Waals surface area contributed by atoms with Crippen molar-refractivity contribution in [3.05, 3.63) is 190 Å². The maximum absolute atomic E-state index is 14.5. The summed E-state index contributed by atoms with van der Waals surface area (Å²) in [5, 5.41) is 0. The minimum absolute atomic E-state index is 0.0958. The van der Waals surface area contributed by atoms with Crippen LogP contribution in [0.1, 0.15) is 148 Å². The van der Waals surface area contributed by atoms with Crippen molar-refractivity contribution in [3.8, 4) is 22.3 Å². The number of rotatable bonds is 21. The number of anilines is 6. The van der Waals surface area contributed by atoms with Gasteiger partial charge in [0, 0.05) is 39.5 Å². The van der Waals surface area contributed by atoms with Gasteiger partial charge in [-0.25, -0.2) is 0 Å². The highest BCUT2D eigenvalue weighted by molar-refractivity contribution is 5.86. The summed E-state index contributed by atoms with van der Waals surface area (Å²) in [5.41, 5.74) is 12.3. The fourth-order valence-electron chi connectivity index (χ4n) is 11.1. The van der Waals surface area contributed by atoms with Gasteiger partial charge in [-0.2, -0.15) is 26.3 Å². The summed E-state index contributed by atoms with van der Waals surface area (Å²) >= 11 is 0. The van der Waals surface area contributed by atoms with Crippen LogP contribution in [0.3, 0.4) is 0 Å². The molecule has 0 unspecified atom stereocenters. The summed E-state index contributed by atoms with van der Waals surface area (Å²) in [6.45, 7) is 12.0. The predicted molar refractivity (Wildman–Crippen MR) is 292 cm³/mol. The molecule has 0 atom stereocenters. The van der Waals surface area contributed by atoms with E-state index >= 15 is 0 Å². The van der Waals surface area contributed by atoms with Crippen LogP contribution in [0.15, 0.2) is 146 Å². The van der Waals surface area contributed by atoms with Crippen molar-refractivity contribution in [2.24, 2.45) is 0 Å². The molecule has 2 nitrogen and oxygen atoms in total. The van der Waals surface area contributed by atoms with E-state index in [0.717, 1.165) is 47.7 Å². The highest BCUT2D eigenvalue weighted by Gasteiger charge is 2.42. The Hall–Kier alpha value is -6.28. The van der Waals surface area contributed by atoms with Crippen molar-refractivity contribution in [2.45, 2.75) is 149 Å². The molecule has 382 valence electrons. The third-order valence-electron chi connectivity index (χ3n) is 14.8. The number of aryl methyl sites for hydroxylation is 4. The molecular formula is C65H70F6N2. The maximum Gasteiger partial charge on any atom is 0.416 e. The summed E-state index contributed by atoms with van der Waals surface area (Å²) in [6, 6.07) is 44.8. The Labute approximate surface area is 430 Å². The van der Waals surface area contributed by atoms with E-state index in [4.69, 9.17) is 0 Å². The van der Waals surface area contributed by atoms with Crippen molar-refractivity contribution < 1.29 is 26.3 Å². The quantitative estimate of drug-likeness (QED) is 0.0523. The topological polar surface area (TPSA) is 6.48 Å². The van der Waals surface area contributed by atoms with Gasteiger partial charge in [-0.3, -0.25) is 0 Å². The highest BCUT2D eigenvalue weighted by atomic mass is 19.4. The first-order valence-electron chi connectivity index (χ1n) is 26.5. The van der Waals surface area contributed by atoms with E-state index in [2.05, 4.69) is 69.3 Å². The van der Waals surface area contributed by atoms with Gasteiger partial charge in [0.05, 0.1) is 11.1 Å². The second kappa shape index (κ2) is 22.9. The van der Waals surface area contributed by atoms with Crippen LogP contribution in [-0.4, -0.2) is 0 Å². The minimum Gasteiger partial charge on any atom is -0.310 e. The summed E-state index contributed by atoms with van der Waals surface area (Å²) in [7, 11) is 0. The minimum atomic E-state index is -4.58. The zero-order valence-corrected chi connectivity index (χ0v) is 43.4. The standard InChI is InChI=1S/C65H70F6N2/c1-7-9-11-13-15-17-35-63(36-18-16-14-12-10-8-2)61-41-46(4)21-33-59(61)60-34-24-50(42-62(60)63)49-22-27-54(28-23-49)73(58-40-48(6)38-52(44-58)65(69,70)71)56-31-29-55(30-32-56)72(53-25-19-45(3)20-26-53)57-39-47(5)37-51(43-57)64(66,67)68/h19-34,37-44H,7-18,35-36H2,1-6H3. The summed E-state index contributed by atoms with van der Waals surface area (Å²) < 4.78 is 86.1. The molecule has 0 bridgehead atoms. The molecule has 7 aromatic rings. The zero-order valence-electron chi connectivity index (χ0n) is 43.4. The van der Waals surface area contributed by atoms with Crippen LogP contribution >= 0.6 is 0 Å². The van der Waals surface area contributed by atoms with Crippen molar-refractivity contribution >= 4 is 34.1 Å². The average molecular weight is 993 g/mol. The second-order valence-corrected chi connectivity index (χ2v) is 20.6. The average Bonchev–Trinajstić information content (AvgIpc) is 3.61. The molecule has 7 aromatic carbocycles. The normalized spacial score (nSPS) is 13.0. The largest absolute Gasteiger partial charge is 0.416 e. The zero-order chi connectivity index (χ0) is 51.9. The summed E-state index contributed by atoms with van der Waals surface area (Å²) in [4.78, 5) is 3.58. The molecule has 1 aliphatic carbocycles. The van der Waals surface area contributed by atoms with E-state index in [0.29, 0.717) is 45.3 Å². The maximum atomic E-state index is 14.5. The lowest BCUT2D eigenvalue weighted by Crippen LogP contribution is -2.25. The van der Waals surface area contributed by atoms with E-state index in [-0.39, 0.29) is 5.41 Å². The number of halogens is 6. The number of fused-ring (bicyclic) bond motifs is 3. The number of unbranched alkanes of at least 4 members (excludes halogenated alkanes) is 10. The van der Waals surface area contributed by atoms with E-state index in [9.17, 15) is 26.3 Å². The van der Waals surface area contributed by atoms with Crippen LogP contribution in [0.2, 0.25) is 0 Å². The first kappa shape index (κ1) is 53.0. The number of hydrogen-bond donors (Lipinski definition) is 0. The SMILES string of the molecule is CCCCCCCCC1(CCCCCCCC)c2cc(C)ccc2-c2ccc(-c3ccc(N(c4ccc(N(c5ccc(C)cc5)c5cc(C)cc(C(F)(F)F)c5)cc4)c4cc(C)cc(C(F)(F)F)c4)cc3)cc21. The Kier molecular flexibility index (Phi) is 16.6. The van der Waals surface area contributed by atoms with Gasteiger partial charge in [-0.15, -0.1) is 0 Å².